The second-order valence-corrected chi connectivity index (χ2v) is 8.02. The average molecular weight is 434 g/mol. The number of halogens is 2. The first-order chi connectivity index (χ1) is 14.0. The van der Waals surface area contributed by atoms with Crippen molar-refractivity contribution in [3.8, 4) is 0 Å². The summed E-state index contributed by atoms with van der Waals surface area (Å²) < 4.78 is 0. The summed E-state index contributed by atoms with van der Waals surface area (Å²) in [6.45, 7) is 3.89. The molecule has 1 aliphatic heterocycles. The Bertz CT molecular complexity index is 854. The van der Waals surface area contributed by atoms with Crippen LogP contribution < -0.4 is 5.32 Å². The smallest absolute Gasteiger partial charge is 0.322 e. The summed E-state index contributed by atoms with van der Waals surface area (Å²) in [7, 11) is 0. The third kappa shape index (κ3) is 5.64. The highest BCUT2D eigenvalue weighted by atomic mass is 35.5. The molecule has 1 saturated heterocycles. The maximum absolute atomic E-state index is 13.1. The number of nitrogens with zero attached hydrogens (tertiary/aromatic N) is 2. The Kier molecular flexibility index (Phi) is 7.40. The molecule has 0 saturated carbocycles. The molecular formula is C22H25Cl2N3O2. The Hall–Kier alpha value is -2.24. The largest absolute Gasteiger partial charge is 0.343 e. The van der Waals surface area contributed by atoms with Gasteiger partial charge in [0.05, 0.1) is 16.8 Å². The van der Waals surface area contributed by atoms with Gasteiger partial charge in [0.2, 0.25) is 5.91 Å². The molecule has 1 atom stereocenters. The first-order valence-electron chi connectivity index (χ1n) is 9.81. The number of rotatable bonds is 6. The second-order valence-electron chi connectivity index (χ2n) is 7.17. The number of carbonyl (C=O) groups is 2. The summed E-state index contributed by atoms with van der Waals surface area (Å²) >= 11 is 12.2. The molecule has 1 N–H and O–H groups in total. The molecule has 1 aliphatic rings. The Labute approximate surface area is 181 Å². The van der Waals surface area contributed by atoms with Crippen LogP contribution in [-0.2, 0) is 4.79 Å². The van der Waals surface area contributed by atoms with Crippen LogP contribution in [0, 0.1) is 0 Å². The van der Waals surface area contributed by atoms with E-state index in [1.165, 1.54) is 0 Å². The van der Waals surface area contributed by atoms with Crippen molar-refractivity contribution >= 4 is 40.8 Å². The summed E-state index contributed by atoms with van der Waals surface area (Å²) in [5, 5.41) is 3.72. The third-order valence-electron chi connectivity index (χ3n) is 5.21. The van der Waals surface area contributed by atoms with Crippen LogP contribution in [0.25, 0.3) is 0 Å². The summed E-state index contributed by atoms with van der Waals surface area (Å²) in [6, 6.07) is 14.2. The van der Waals surface area contributed by atoms with Crippen molar-refractivity contribution in [2.75, 3.05) is 25.0 Å². The number of hydrogen-bond acceptors (Lipinski definition) is 2. The minimum atomic E-state index is -0.306. The molecule has 3 amide bonds. The average Bonchev–Trinajstić information content (AvgIpc) is 3.25. The lowest BCUT2D eigenvalue weighted by Gasteiger charge is -2.30. The van der Waals surface area contributed by atoms with Gasteiger partial charge in [-0.15, -0.1) is 0 Å². The van der Waals surface area contributed by atoms with E-state index < -0.39 is 0 Å². The van der Waals surface area contributed by atoms with Gasteiger partial charge in [-0.3, -0.25) is 4.79 Å². The molecule has 2 aromatic carbocycles. The quantitative estimate of drug-likeness (QED) is 0.644. The van der Waals surface area contributed by atoms with Crippen LogP contribution in [0.1, 0.15) is 37.8 Å². The van der Waals surface area contributed by atoms with E-state index in [0.29, 0.717) is 28.7 Å². The number of benzene rings is 2. The summed E-state index contributed by atoms with van der Waals surface area (Å²) in [5.74, 6) is 0.0880. The predicted molar refractivity (Wildman–Crippen MR) is 117 cm³/mol. The van der Waals surface area contributed by atoms with Gasteiger partial charge in [-0.05, 0) is 43.5 Å². The normalized spacial score (nSPS) is 14.5. The minimum Gasteiger partial charge on any atom is -0.343 e. The number of urea groups is 1. The Morgan fingerprint density at radius 3 is 2.45 bits per heavy atom. The fourth-order valence-electron chi connectivity index (χ4n) is 3.50. The van der Waals surface area contributed by atoms with E-state index in [0.717, 1.165) is 31.5 Å². The van der Waals surface area contributed by atoms with E-state index in [1.807, 2.05) is 42.2 Å². The highest BCUT2D eigenvalue weighted by Gasteiger charge is 2.25. The zero-order valence-electron chi connectivity index (χ0n) is 16.4. The lowest BCUT2D eigenvalue weighted by molar-refractivity contribution is -0.130. The first kappa shape index (κ1) is 21.5. The van der Waals surface area contributed by atoms with Gasteiger partial charge >= 0.3 is 6.03 Å². The van der Waals surface area contributed by atoms with Crippen molar-refractivity contribution in [2.24, 2.45) is 0 Å². The number of carbonyl (C=O) groups excluding carboxylic acids is 2. The Morgan fingerprint density at radius 2 is 1.79 bits per heavy atom. The van der Waals surface area contributed by atoms with Crippen LogP contribution in [0.3, 0.4) is 0 Å². The summed E-state index contributed by atoms with van der Waals surface area (Å²) in [6.07, 6.45) is 2.38. The maximum Gasteiger partial charge on any atom is 0.322 e. The van der Waals surface area contributed by atoms with E-state index >= 15 is 0 Å². The zero-order valence-corrected chi connectivity index (χ0v) is 17.9. The molecule has 0 bridgehead atoms. The number of anilines is 1. The standard InChI is InChI=1S/C22H25Cl2N3O2/c1-16(17-7-3-2-4-8-17)27(14-11-21(28)26-12-5-6-13-26)22(29)25-20-10-9-18(23)15-19(20)24/h2-4,7-10,15-16H,5-6,11-14H2,1H3,(H,25,29). The minimum absolute atomic E-state index is 0.0880. The van der Waals surface area contributed by atoms with Gasteiger partial charge in [0.25, 0.3) is 0 Å². The lowest BCUT2D eigenvalue weighted by Crippen LogP contribution is -2.40. The molecule has 0 radical (unpaired) electrons. The number of amides is 3. The van der Waals surface area contributed by atoms with Gasteiger partial charge in [0.15, 0.2) is 0 Å². The van der Waals surface area contributed by atoms with E-state index in [-0.39, 0.29) is 18.0 Å². The van der Waals surface area contributed by atoms with Crippen LogP contribution in [0.2, 0.25) is 10.0 Å². The number of likely N-dealkylation sites (tertiary alicyclic amines) is 1. The zero-order chi connectivity index (χ0) is 20.8. The molecule has 0 spiro atoms. The SMILES string of the molecule is CC(c1ccccc1)N(CCC(=O)N1CCCC1)C(=O)Nc1ccc(Cl)cc1Cl. The highest BCUT2D eigenvalue weighted by molar-refractivity contribution is 6.36. The van der Waals surface area contributed by atoms with Gasteiger partial charge in [0, 0.05) is 31.1 Å². The fourth-order valence-corrected chi connectivity index (χ4v) is 3.96. The van der Waals surface area contributed by atoms with Crippen LogP contribution in [0.5, 0.6) is 0 Å². The monoisotopic (exact) mass is 433 g/mol. The van der Waals surface area contributed by atoms with Gasteiger partial charge in [-0.1, -0.05) is 53.5 Å². The topological polar surface area (TPSA) is 52.7 Å². The molecular weight excluding hydrogens is 409 g/mol. The molecule has 1 fully saturated rings. The molecule has 1 unspecified atom stereocenters. The number of nitrogens with one attached hydrogen (secondary N) is 1. The molecule has 3 rings (SSSR count). The molecule has 5 nitrogen and oxygen atoms in total. The highest BCUT2D eigenvalue weighted by Crippen LogP contribution is 2.27. The van der Waals surface area contributed by atoms with Gasteiger partial charge < -0.3 is 15.1 Å². The van der Waals surface area contributed by atoms with Crippen molar-refractivity contribution < 1.29 is 9.59 Å². The second kappa shape index (κ2) is 9.99. The van der Waals surface area contributed by atoms with Crippen LogP contribution in [0.15, 0.2) is 48.5 Å². The number of hydrogen-bond donors (Lipinski definition) is 1. The first-order valence-corrected chi connectivity index (χ1v) is 10.6. The van der Waals surface area contributed by atoms with Gasteiger partial charge in [0.1, 0.15) is 0 Å². The Balaban J connectivity index is 1.75. The van der Waals surface area contributed by atoms with Gasteiger partial charge in [-0.2, -0.15) is 0 Å². The van der Waals surface area contributed by atoms with Crippen LogP contribution >= 0.6 is 23.2 Å². The van der Waals surface area contributed by atoms with Crippen molar-refractivity contribution in [3.63, 3.8) is 0 Å². The summed E-state index contributed by atoms with van der Waals surface area (Å²) in [5.41, 5.74) is 1.48. The van der Waals surface area contributed by atoms with E-state index in [4.69, 9.17) is 23.2 Å². The molecule has 2 aromatic rings. The van der Waals surface area contributed by atoms with E-state index in [9.17, 15) is 9.59 Å². The van der Waals surface area contributed by atoms with Crippen molar-refractivity contribution in [1.29, 1.82) is 0 Å². The van der Waals surface area contributed by atoms with Crippen molar-refractivity contribution in [3.05, 3.63) is 64.1 Å². The molecule has 1 heterocycles. The molecule has 0 aromatic heterocycles. The summed E-state index contributed by atoms with van der Waals surface area (Å²) in [4.78, 5) is 29.2. The molecule has 154 valence electrons. The molecule has 29 heavy (non-hydrogen) atoms. The van der Waals surface area contributed by atoms with Gasteiger partial charge in [-0.25, -0.2) is 4.79 Å². The maximum atomic E-state index is 13.1. The molecule has 7 heteroatoms. The van der Waals surface area contributed by atoms with E-state index in [2.05, 4.69) is 5.32 Å². The fraction of sp³-hybridized carbons (Fsp3) is 0.364. The van der Waals surface area contributed by atoms with Crippen molar-refractivity contribution in [2.45, 2.75) is 32.2 Å². The lowest BCUT2D eigenvalue weighted by atomic mass is 10.1. The predicted octanol–water partition coefficient (Wildman–Crippen LogP) is 5.60. The van der Waals surface area contributed by atoms with Crippen LogP contribution in [0.4, 0.5) is 10.5 Å². The Morgan fingerprint density at radius 1 is 1.10 bits per heavy atom. The van der Waals surface area contributed by atoms with Crippen molar-refractivity contribution in [1.82, 2.24) is 9.80 Å². The van der Waals surface area contributed by atoms with E-state index in [1.54, 1.807) is 23.1 Å². The van der Waals surface area contributed by atoms with Crippen LogP contribution in [-0.4, -0.2) is 41.4 Å². The molecule has 0 aliphatic carbocycles. The third-order valence-corrected chi connectivity index (χ3v) is 5.76.